The van der Waals surface area contributed by atoms with E-state index in [0.29, 0.717) is 0 Å². The average molecular weight is 334 g/mol. The van der Waals surface area contributed by atoms with Crippen LogP contribution in [0.2, 0.25) is 0 Å². The number of aromatic nitrogens is 2. The first kappa shape index (κ1) is 15.8. The molecule has 0 radical (unpaired) electrons. The molecule has 2 atom stereocenters. The van der Waals surface area contributed by atoms with Gasteiger partial charge in [-0.05, 0) is 55.7 Å². The first-order valence-electron chi connectivity index (χ1n) is 8.70. The lowest BCUT2D eigenvalue weighted by Gasteiger charge is -2.21. The molecule has 0 spiro atoms. The molecule has 1 amide bonds. The second-order valence-electron chi connectivity index (χ2n) is 6.82. The van der Waals surface area contributed by atoms with Gasteiger partial charge in [0.1, 0.15) is 5.82 Å². The number of carbonyl (C=O) groups excluding carboxylic acids is 1. The first-order chi connectivity index (χ1) is 12.1. The van der Waals surface area contributed by atoms with Crippen molar-refractivity contribution in [1.82, 2.24) is 9.97 Å². The minimum Gasteiger partial charge on any atom is -0.338 e. The second kappa shape index (κ2) is 6.33. The van der Waals surface area contributed by atoms with E-state index >= 15 is 0 Å². The summed E-state index contributed by atoms with van der Waals surface area (Å²) in [4.78, 5) is 22.3. The molecule has 1 heterocycles. The first-order valence-corrected chi connectivity index (χ1v) is 8.70. The molecule has 0 aliphatic heterocycles. The van der Waals surface area contributed by atoms with E-state index in [-0.39, 0.29) is 17.9 Å². The van der Waals surface area contributed by atoms with Gasteiger partial charge >= 0.3 is 0 Å². The van der Waals surface area contributed by atoms with Gasteiger partial charge in [0, 0.05) is 30.3 Å². The predicted octanol–water partition coefficient (Wildman–Crippen LogP) is 3.32. The highest BCUT2D eigenvalue weighted by Crippen LogP contribution is 2.28. The largest absolute Gasteiger partial charge is 0.338 e. The Hall–Kier alpha value is -2.66. The topological polar surface area (TPSA) is 75.0 Å². The highest BCUT2D eigenvalue weighted by molar-refractivity contribution is 5.95. The number of nitrogens with one attached hydrogen (secondary N) is 1. The molecule has 25 heavy (non-hydrogen) atoms. The van der Waals surface area contributed by atoms with Crippen molar-refractivity contribution in [2.45, 2.75) is 25.3 Å². The monoisotopic (exact) mass is 334 g/mol. The van der Waals surface area contributed by atoms with Gasteiger partial charge in [-0.15, -0.1) is 0 Å². The van der Waals surface area contributed by atoms with Gasteiger partial charge in [0.15, 0.2) is 0 Å². The summed E-state index contributed by atoms with van der Waals surface area (Å²) in [6, 6.07) is 16.1. The van der Waals surface area contributed by atoms with Crippen LogP contribution in [0.5, 0.6) is 0 Å². The predicted molar refractivity (Wildman–Crippen MR) is 100 cm³/mol. The van der Waals surface area contributed by atoms with Gasteiger partial charge in [0.25, 0.3) is 0 Å². The SMILES string of the molecule is CN(C(=O)C1CCC(N)C1)c1ccc(-c2nc3ccccc3[nH]2)cc1. The molecule has 1 saturated carbocycles. The van der Waals surface area contributed by atoms with Gasteiger partial charge in [-0.3, -0.25) is 4.79 Å². The number of anilines is 1. The lowest BCUT2D eigenvalue weighted by atomic mass is 10.1. The third kappa shape index (κ3) is 3.03. The van der Waals surface area contributed by atoms with E-state index in [1.165, 1.54) is 0 Å². The van der Waals surface area contributed by atoms with E-state index in [4.69, 9.17) is 5.73 Å². The van der Waals surface area contributed by atoms with E-state index in [9.17, 15) is 4.79 Å². The fourth-order valence-corrected chi connectivity index (χ4v) is 3.57. The maximum Gasteiger partial charge on any atom is 0.229 e. The van der Waals surface area contributed by atoms with E-state index in [2.05, 4.69) is 9.97 Å². The van der Waals surface area contributed by atoms with Crippen molar-refractivity contribution in [1.29, 1.82) is 0 Å². The standard InChI is InChI=1S/C20H22N4O/c1-24(20(25)14-6-9-15(21)12-14)16-10-7-13(8-11-16)19-22-17-4-2-3-5-18(17)23-19/h2-5,7-8,10-11,14-15H,6,9,12,21H2,1H3,(H,22,23). The molecule has 3 aromatic rings. The normalized spacial score (nSPS) is 20.1. The van der Waals surface area contributed by atoms with Gasteiger partial charge in [-0.1, -0.05) is 12.1 Å². The molecular formula is C20H22N4O. The number of H-pyrrole nitrogens is 1. The maximum absolute atomic E-state index is 12.6. The number of fused-ring (bicyclic) bond motifs is 1. The van der Waals surface area contributed by atoms with Crippen molar-refractivity contribution in [2.24, 2.45) is 11.7 Å². The summed E-state index contributed by atoms with van der Waals surface area (Å²) < 4.78 is 0. The minimum absolute atomic E-state index is 0.0510. The molecule has 2 aromatic carbocycles. The minimum atomic E-state index is 0.0510. The molecular weight excluding hydrogens is 312 g/mol. The van der Waals surface area contributed by atoms with Crippen LogP contribution in [-0.4, -0.2) is 29.0 Å². The van der Waals surface area contributed by atoms with Crippen LogP contribution in [0.4, 0.5) is 5.69 Å². The summed E-state index contributed by atoms with van der Waals surface area (Å²) in [5.74, 6) is 1.04. The van der Waals surface area contributed by atoms with Crippen molar-refractivity contribution in [3.63, 3.8) is 0 Å². The number of carbonyl (C=O) groups is 1. The van der Waals surface area contributed by atoms with E-state index in [0.717, 1.165) is 47.4 Å². The average Bonchev–Trinajstić information content (AvgIpc) is 3.26. The summed E-state index contributed by atoms with van der Waals surface area (Å²) in [6.45, 7) is 0. The van der Waals surface area contributed by atoms with Crippen molar-refractivity contribution < 1.29 is 4.79 Å². The molecule has 128 valence electrons. The van der Waals surface area contributed by atoms with Crippen LogP contribution < -0.4 is 10.6 Å². The van der Waals surface area contributed by atoms with Crippen molar-refractivity contribution >= 4 is 22.6 Å². The molecule has 2 unspecified atom stereocenters. The molecule has 1 aromatic heterocycles. The van der Waals surface area contributed by atoms with Crippen LogP contribution in [0.15, 0.2) is 48.5 Å². The number of para-hydroxylation sites is 2. The number of amides is 1. The Balaban J connectivity index is 1.54. The van der Waals surface area contributed by atoms with Crippen molar-refractivity contribution in [3.05, 3.63) is 48.5 Å². The Bertz CT molecular complexity index is 866. The Kier molecular flexibility index (Phi) is 4.01. The van der Waals surface area contributed by atoms with Gasteiger partial charge in [-0.25, -0.2) is 4.98 Å². The lowest BCUT2D eigenvalue weighted by Crippen LogP contribution is -2.32. The quantitative estimate of drug-likeness (QED) is 0.771. The fraction of sp³-hybridized carbons (Fsp3) is 0.300. The number of nitrogens with zero attached hydrogens (tertiary/aromatic N) is 2. The van der Waals surface area contributed by atoms with Gasteiger partial charge in [0.2, 0.25) is 5.91 Å². The number of imidazole rings is 1. The Labute approximate surface area is 146 Å². The van der Waals surface area contributed by atoms with Crippen molar-refractivity contribution in [2.75, 3.05) is 11.9 Å². The molecule has 1 aliphatic rings. The van der Waals surface area contributed by atoms with E-state index in [1.807, 2.05) is 55.6 Å². The molecule has 5 nitrogen and oxygen atoms in total. The zero-order valence-electron chi connectivity index (χ0n) is 14.3. The summed E-state index contributed by atoms with van der Waals surface area (Å²) in [7, 11) is 1.84. The van der Waals surface area contributed by atoms with Gasteiger partial charge in [0.05, 0.1) is 11.0 Å². The van der Waals surface area contributed by atoms with Crippen LogP contribution in [0.25, 0.3) is 22.4 Å². The van der Waals surface area contributed by atoms with Crippen LogP contribution in [0.3, 0.4) is 0 Å². The summed E-state index contributed by atoms with van der Waals surface area (Å²) >= 11 is 0. The van der Waals surface area contributed by atoms with E-state index < -0.39 is 0 Å². The number of aromatic amines is 1. The van der Waals surface area contributed by atoms with Gasteiger partial charge < -0.3 is 15.6 Å². The van der Waals surface area contributed by atoms with E-state index in [1.54, 1.807) is 4.90 Å². The Morgan fingerprint density at radius 2 is 1.92 bits per heavy atom. The molecule has 0 bridgehead atoms. The Morgan fingerprint density at radius 1 is 1.16 bits per heavy atom. The summed E-state index contributed by atoms with van der Waals surface area (Å²) in [6.07, 6.45) is 2.62. The summed E-state index contributed by atoms with van der Waals surface area (Å²) in [5, 5.41) is 0. The smallest absolute Gasteiger partial charge is 0.229 e. The molecule has 5 heteroatoms. The highest BCUT2D eigenvalue weighted by atomic mass is 16.2. The lowest BCUT2D eigenvalue weighted by molar-refractivity contribution is -0.121. The van der Waals surface area contributed by atoms with Crippen LogP contribution >= 0.6 is 0 Å². The number of hydrogen-bond acceptors (Lipinski definition) is 3. The molecule has 1 aliphatic carbocycles. The number of nitrogens with two attached hydrogens (primary N) is 1. The van der Waals surface area contributed by atoms with Gasteiger partial charge in [-0.2, -0.15) is 0 Å². The molecule has 4 rings (SSSR count). The van der Waals surface area contributed by atoms with Crippen LogP contribution in [0, 0.1) is 5.92 Å². The fourth-order valence-electron chi connectivity index (χ4n) is 3.57. The Morgan fingerprint density at radius 3 is 2.60 bits per heavy atom. The highest BCUT2D eigenvalue weighted by Gasteiger charge is 2.30. The molecule has 3 N–H and O–H groups in total. The molecule has 0 saturated heterocycles. The number of benzene rings is 2. The van der Waals surface area contributed by atoms with Crippen LogP contribution in [0.1, 0.15) is 19.3 Å². The summed E-state index contributed by atoms with van der Waals surface area (Å²) in [5.41, 5.74) is 9.80. The number of hydrogen-bond donors (Lipinski definition) is 2. The second-order valence-corrected chi connectivity index (χ2v) is 6.82. The third-order valence-electron chi connectivity index (χ3n) is 5.07. The molecule has 1 fully saturated rings. The van der Waals surface area contributed by atoms with Crippen LogP contribution in [-0.2, 0) is 4.79 Å². The zero-order valence-corrected chi connectivity index (χ0v) is 14.3. The maximum atomic E-state index is 12.6. The zero-order chi connectivity index (χ0) is 17.4. The number of rotatable bonds is 3. The third-order valence-corrected chi connectivity index (χ3v) is 5.07. The van der Waals surface area contributed by atoms with Crippen molar-refractivity contribution in [3.8, 4) is 11.4 Å².